The van der Waals surface area contributed by atoms with Gasteiger partial charge in [-0.25, -0.2) is 17.6 Å². The molecule has 1 atom stereocenters. The molecule has 0 spiro atoms. The van der Waals surface area contributed by atoms with Crippen LogP contribution in [0.3, 0.4) is 0 Å². The van der Waals surface area contributed by atoms with Crippen LogP contribution in [-0.4, -0.2) is 25.5 Å². The standard InChI is InChI=1S/C13H14FNO4S/c1-3-5-10(4-2)15-20(18,19)12-7-6-9(13(16)17)8-11(12)14/h2,6-8,10,15H,3,5H2,1H3,(H,16,17). The molecule has 0 fully saturated rings. The minimum absolute atomic E-state index is 0.330. The maximum Gasteiger partial charge on any atom is 0.335 e. The molecular weight excluding hydrogens is 285 g/mol. The molecule has 2 N–H and O–H groups in total. The van der Waals surface area contributed by atoms with Crippen LogP contribution >= 0.6 is 0 Å². The molecule has 0 aliphatic rings. The highest BCUT2D eigenvalue weighted by molar-refractivity contribution is 7.89. The van der Waals surface area contributed by atoms with Crippen LogP contribution in [-0.2, 0) is 10.0 Å². The molecule has 5 nitrogen and oxygen atoms in total. The summed E-state index contributed by atoms with van der Waals surface area (Å²) in [6, 6.07) is 1.84. The molecule has 0 heterocycles. The van der Waals surface area contributed by atoms with E-state index in [9.17, 15) is 17.6 Å². The lowest BCUT2D eigenvalue weighted by Crippen LogP contribution is -2.34. The van der Waals surface area contributed by atoms with E-state index in [1.54, 1.807) is 0 Å². The average molecular weight is 299 g/mol. The molecular formula is C13H14FNO4S. The maximum atomic E-state index is 13.7. The Bertz CT molecular complexity index is 649. The lowest BCUT2D eigenvalue weighted by Gasteiger charge is -2.13. The summed E-state index contributed by atoms with van der Waals surface area (Å²) < 4.78 is 39.9. The van der Waals surface area contributed by atoms with Gasteiger partial charge < -0.3 is 5.11 Å². The van der Waals surface area contributed by atoms with E-state index in [-0.39, 0.29) is 5.56 Å². The van der Waals surface area contributed by atoms with Crippen LogP contribution in [0, 0.1) is 18.2 Å². The van der Waals surface area contributed by atoms with Gasteiger partial charge in [-0.05, 0) is 24.6 Å². The zero-order valence-electron chi connectivity index (χ0n) is 10.8. The molecule has 0 saturated carbocycles. The molecule has 0 radical (unpaired) electrons. The fraction of sp³-hybridized carbons (Fsp3) is 0.308. The summed E-state index contributed by atoms with van der Waals surface area (Å²) in [6.45, 7) is 1.83. The van der Waals surface area contributed by atoms with Crippen LogP contribution in [0.1, 0.15) is 30.1 Å². The summed E-state index contributed by atoms with van der Waals surface area (Å²) in [6.07, 6.45) is 6.28. The van der Waals surface area contributed by atoms with Crippen molar-refractivity contribution in [2.24, 2.45) is 0 Å². The first-order valence-electron chi connectivity index (χ1n) is 5.83. The topological polar surface area (TPSA) is 83.5 Å². The summed E-state index contributed by atoms with van der Waals surface area (Å²) in [7, 11) is -4.13. The number of hydrogen-bond acceptors (Lipinski definition) is 3. The molecule has 0 bridgehead atoms. The Labute approximate surface area is 116 Å². The van der Waals surface area contributed by atoms with Gasteiger partial charge >= 0.3 is 5.97 Å². The van der Waals surface area contributed by atoms with Gasteiger partial charge in [-0.1, -0.05) is 19.3 Å². The quantitative estimate of drug-likeness (QED) is 0.782. The van der Waals surface area contributed by atoms with Crippen LogP contribution in [0.4, 0.5) is 4.39 Å². The average Bonchev–Trinajstić information content (AvgIpc) is 2.37. The van der Waals surface area contributed by atoms with Crippen molar-refractivity contribution in [2.45, 2.75) is 30.7 Å². The lowest BCUT2D eigenvalue weighted by molar-refractivity contribution is 0.0696. The van der Waals surface area contributed by atoms with Crippen LogP contribution in [0.25, 0.3) is 0 Å². The second-order valence-corrected chi connectivity index (χ2v) is 5.76. The number of rotatable bonds is 6. The highest BCUT2D eigenvalue weighted by Gasteiger charge is 2.23. The van der Waals surface area contributed by atoms with E-state index >= 15 is 0 Å². The van der Waals surface area contributed by atoms with Crippen LogP contribution in [0.2, 0.25) is 0 Å². The summed E-state index contributed by atoms with van der Waals surface area (Å²) in [5.41, 5.74) is -0.330. The van der Waals surface area contributed by atoms with Gasteiger partial charge in [0.15, 0.2) is 0 Å². The zero-order valence-corrected chi connectivity index (χ0v) is 11.6. The Morgan fingerprint density at radius 2 is 2.20 bits per heavy atom. The van der Waals surface area contributed by atoms with Crippen molar-refractivity contribution < 1.29 is 22.7 Å². The van der Waals surface area contributed by atoms with Gasteiger partial charge in [0, 0.05) is 0 Å². The number of hydrogen-bond donors (Lipinski definition) is 2. The van der Waals surface area contributed by atoms with Crippen molar-refractivity contribution in [3.05, 3.63) is 29.6 Å². The Balaban J connectivity index is 3.10. The maximum absolute atomic E-state index is 13.7. The fourth-order valence-corrected chi connectivity index (χ4v) is 2.82. The highest BCUT2D eigenvalue weighted by atomic mass is 32.2. The first-order chi connectivity index (χ1) is 9.31. The fourth-order valence-electron chi connectivity index (χ4n) is 1.57. The number of carboxylic acids is 1. The van der Waals surface area contributed by atoms with Gasteiger partial charge in [0.1, 0.15) is 10.7 Å². The van der Waals surface area contributed by atoms with Gasteiger partial charge in [-0.15, -0.1) is 6.42 Å². The molecule has 0 saturated heterocycles. The molecule has 0 aromatic heterocycles. The molecule has 0 aliphatic carbocycles. The Morgan fingerprint density at radius 3 is 2.65 bits per heavy atom. The van der Waals surface area contributed by atoms with Gasteiger partial charge in [-0.3, -0.25) is 0 Å². The molecule has 0 amide bonds. The number of sulfonamides is 1. The highest BCUT2D eigenvalue weighted by Crippen LogP contribution is 2.17. The smallest absolute Gasteiger partial charge is 0.335 e. The second kappa shape index (κ2) is 6.50. The number of carbonyl (C=O) groups is 1. The van der Waals surface area contributed by atoms with Crippen molar-refractivity contribution in [2.75, 3.05) is 0 Å². The van der Waals surface area contributed by atoms with Crippen LogP contribution in [0.15, 0.2) is 23.1 Å². The Morgan fingerprint density at radius 1 is 1.55 bits per heavy atom. The lowest BCUT2D eigenvalue weighted by atomic mass is 10.2. The zero-order chi connectivity index (χ0) is 15.3. The van der Waals surface area contributed by atoms with Gasteiger partial charge in [0.2, 0.25) is 10.0 Å². The van der Waals surface area contributed by atoms with Crippen molar-refractivity contribution in [1.29, 1.82) is 0 Å². The molecule has 1 unspecified atom stereocenters. The summed E-state index contributed by atoms with van der Waals surface area (Å²) in [4.78, 5) is 10.0. The Hall–Kier alpha value is -1.91. The summed E-state index contributed by atoms with van der Waals surface area (Å²) >= 11 is 0. The summed E-state index contributed by atoms with van der Waals surface area (Å²) in [5.74, 6) is -0.203. The third-order valence-corrected chi connectivity index (χ3v) is 4.05. The van der Waals surface area contributed by atoms with E-state index in [4.69, 9.17) is 11.5 Å². The van der Waals surface area contributed by atoms with E-state index in [1.165, 1.54) is 0 Å². The summed E-state index contributed by atoms with van der Waals surface area (Å²) in [5, 5.41) is 8.70. The molecule has 1 aromatic rings. The second-order valence-electron chi connectivity index (χ2n) is 4.08. The van der Waals surface area contributed by atoms with Crippen molar-refractivity contribution in [3.8, 4) is 12.3 Å². The number of aromatic carboxylic acids is 1. The molecule has 0 aliphatic heterocycles. The molecule has 108 valence electrons. The van der Waals surface area contributed by atoms with Crippen molar-refractivity contribution in [1.82, 2.24) is 4.72 Å². The predicted octanol–water partition coefficient (Wildman–Crippen LogP) is 1.60. The third kappa shape index (κ3) is 3.79. The molecule has 1 aromatic carbocycles. The minimum Gasteiger partial charge on any atom is -0.478 e. The first kappa shape index (κ1) is 16.1. The number of carboxylic acid groups (broad SMARTS) is 1. The number of benzene rings is 1. The molecule has 7 heteroatoms. The van der Waals surface area contributed by atoms with E-state index in [1.807, 2.05) is 6.92 Å². The minimum atomic E-state index is -4.13. The van der Waals surface area contributed by atoms with Crippen LogP contribution < -0.4 is 4.72 Å². The van der Waals surface area contributed by atoms with E-state index < -0.39 is 32.7 Å². The van der Waals surface area contributed by atoms with E-state index in [0.717, 1.165) is 12.1 Å². The number of terminal acetylenes is 1. The monoisotopic (exact) mass is 299 g/mol. The van der Waals surface area contributed by atoms with Crippen molar-refractivity contribution in [3.63, 3.8) is 0 Å². The van der Waals surface area contributed by atoms with Gasteiger partial charge in [0.05, 0.1) is 11.6 Å². The van der Waals surface area contributed by atoms with Crippen molar-refractivity contribution >= 4 is 16.0 Å². The number of nitrogens with one attached hydrogen (secondary N) is 1. The van der Waals surface area contributed by atoms with E-state index in [0.29, 0.717) is 18.9 Å². The first-order valence-corrected chi connectivity index (χ1v) is 7.31. The third-order valence-electron chi connectivity index (χ3n) is 2.54. The van der Waals surface area contributed by atoms with Gasteiger partial charge in [0.25, 0.3) is 0 Å². The van der Waals surface area contributed by atoms with Gasteiger partial charge in [-0.2, -0.15) is 4.72 Å². The largest absolute Gasteiger partial charge is 0.478 e. The molecule has 1 rings (SSSR count). The molecule has 20 heavy (non-hydrogen) atoms. The number of halogens is 1. The normalized spacial score (nSPS) is 12.7. The SMILES string of the molecule is C#CC(CCC)NS(=O)(=O)c1ccc(C(=O)O)cc1F. The Kier molecular flexibility index (Phi) is 5.25. The predicted molar refractivity (Wildman–Crippen MR) is 71.2 cm³/mol. The van der Waals surface area contributed by atoms with Crippen LogP contribution in [0.5, 0.6) is 0 Å². The van der Waals surface area contributed by atoms with E-state index in [2.05, 4.69) is 10.6 Å².